The number of amides is 1. The SMILES string of the molecule is CC(C)c1ccc(NC(=O)[C@@H]2COc3ccccc3O2)cc1. The van der Waals surface area contributed by atoms with Gasteiger partial charge in [0, 0.05) is 5.69 Å². The van der Waals surface area contributed by atoms with Gasteiger partial charge in [0.05, 0.1) is 0 Å². The predicted molar refractivity (Wildman–Crippen MR) is 85.5 cm³/mol. The third kappa shape index (κ3) is 3.06. The van der Waals surface area contributed by atoms with Crippen molar-refractivity contribution in [2.45, 2.75) is 25.9 Å². The zero-order valence-electron chi connectivity index (χ0n) is 12.7. The van der Waals surface area contributed by atoms with Crippen LogP contribution >= 0.6 is 0 Å². The lowest BCUT2D eigenvalue weighted by atomic mass is 10.0. The summed E-state index contributed by atoms with van der Waals surface area (Å²) >= 11 is 0. The number of fused-ring (bicyclic) bond motifs is 1. The van der Waals surface area contributed by atoms with Crippen LogP contribution in [0.1, 0.15) is 25.3 Å². The molecule has 2 aromatic carbocycles. The van der Waals surface area contributed by atoms with Crippen molar-refractivity contribution in [1.29, 1.82) is 0 Å². The Labute approximate surface area is 130 Å². The number of carbonyl (C=O) groups is 1. The molecule has 114 valence electrons. The van der Waals surface area contributed by atoms with Crippen molar-refractivity contribution in [2.75, 3.05) is 11.9 Å². The fourth-order valence-electron chi connectivity index (χ4n) is 2.32. The topological polar surface area (TPSA) is 47.6 Å². The maximum absolute atomic E-state index is 12.3. The summed E-state index contributed by atoms with van der Waals surface area (Å²) in [4.78, 5) is 12.3. The molecule has 1 heterocycles. The summed E-state index contributed by atoms with van der Waals surface area (Å²) in [6.07, 6.45) is -0.639. The molecule has 0 radical (unpaired) electrons. The van der Waals surface area contributed by atoms with Crippen molar-refractivity contribution in [3.8, 4) is 11.5 Å². The summed E-state index contributed by atoms with van der Waals surface area (Å²) in [6.45, 7) is 4.49. The second kappa shape index (κ2) is 6.10. The van der Waals surface area contributed by atoms with Crippen LogP contribution in [0.15, 0.2) is 48.5 Å². The molecule has 0 aromatic heterocycles. The molecule has 0 unspecified atom stereocenters. The van der Waals surface area contributed by atoms with Crippen molar-refractivity contribution in [1.82, 2.24) is 0 Å². The number of carbonyl (C=O) groups excluding carboxylic acids is 1. The van der Waals surface area contributed by atoms with Crippen LogP contribution in [0.25, 0.3) is 0 Å². The number of benzene rings is 2. The van der Waals surface area contributed by atoms with E-state index in [0.29, 0.717) is 17.4 Å². The molecule has 4 heteroatoms. The Morgan fingerprint density at radius 3 is 2.45 bits per heavy atom. The van der Waals surface area contributed by atoms with E-state index < -0.39 is 6.10 Å². The second-order valence-electron chi connectivity index (χ2n) is 5.63. The number of hydrogen-bond donors (Lipinski definition) is 1. The van der Waals surface area contributed by atoms with Crippen LogP contribution in [0.4, 0.5) is 5.69 Å². The summed E-state index contributed by atoms with van der Waals surface area (Å²) in [5.74, 6) is 1.54. The van der Waals surface area contributed by atoms with Crippen LogP contribution in [0.5, 0.6) is 11.5 Å². The molecule has 4 nitrogen and oxygen atoms in total. The number of nitrogens with one attached hydrogen (secondary N) is 1. The highest BCUT2D eigenvalue weighted by Gasteiger charge is 2.27. The molecule has 0 spiro atoms. The Bertz CT molecular complexity index is 664. The molecule has 1 aliphatic heterocycles. The summed E-state index contributed by atoms with van der Waals surface area (Å²) in [7, 11) is 0. The highest BCUT2D eigenvalue weighted by molar-refractivity contribution is 5.94. The summed E-state index contributed by atoms with van der Waals surface area (Å²) in [5.41, 5.74) is 2.00. The molecule has 0 fully saturated rings. The highest BCUT2D eigenvalue weighted by Crippen LogP contribution is 2.31. The van der Waals surface area contributed by atoms with Gasteiger partial charge in [-0.3, -0.25) is 4.79 Å². The minimum Gasteiger partial charge on any atom is -0.485 e. The van der Waals surface area contributed by atoms with Crippen LogP contribution in [-0.2, 0) is 4.79 Å². The molecular weight excluding hydrogens is 278 g/mol. The van der Waals surface area contributed by atoms with Crippen LogP contribution in [0.3, 0.4) is 0 Å². The second-order valence-corrected chi connectivity index (χ2v) is 5.63. The Balaban J connectivity index is 1.65. The molecular formula is C18H19NO3. The Kier molecular flexibility index (Phi) is 4.00. The minimum atomic E-state index is -0.639. The third-order valence-electron chi connectivity index (χ3n) is 3.65. The molecule has 2 aromatic rings. The maximum Gasteiger partial charge on any atom is 0.269 e. The standard InChI is InChI=1S/C18H19NO3/c1-12(2)13-7-9-14(10-8-13)19-18(20)17-11-21-15-5-3-4-6-16(15)22-17/h3-10,12,17H,11H2,1-2H3,(H,19,20)/t17-/m0/s1. The number of anilines is 1. The largest absolute Gasteiger partial charge is 0.485 e. The zero-order chi connectivity index (χ0) is 15.5. The molecule has 1 N–H and O–H groups in total. The van der Waals surface area contributed by atoms with Gasteiger partial charge in [-0.1, -0.05) is 38.1 Å². The average Bonchev–Trinajstić information content (AvgIpc) is 2.55. The first-order valence-corrected chi connectivity index (χ1v) is 7.43. The van der Waals surface area contributed by atoms with Crippen molar-refractivity contribution < 1.29 is 14.3 Å². The van der Waals surface area contributed by atoms with E-state index in [1.54, 1.807) is 6.07 Å². The van der Waals surface area contributed by atoms with Gasteiger partial charge in [-0.2, -0.15) is 0 Å². The fourth-order valence-corrected chi connectivity index (χ4v) is 2.32. The van der Waals surface area contributed by atoms with E-state index in [1.165, 1.54) is 5.56 Å². The van der Waals surface area contributed by atoms with E-state index in [4.69, 9.17) is 9.47 Å². The van der Waals surface area contributed by atoms with E-state index in [1.807, 2.05) is 42.5 Å². The van der Waals surface area contributed by atoms with Gasteiger partial charge >= 0.3 is 0 Å². The minimum absolute atomic E-state index is 0.202. The normalized spacial score (nSPS) is 16.4. The summed E-state index contributed by atoms with van der Waals surface area (Å²) in [5, 5.41) is 2.86. The van der Waals surface area contributed by atoms with Crippen molar-refractivity contribution in [3.63, 3.8) is 0 Å². The van der Waals surface area contributed by atoms with Gasteiger partial charge < -0.3 is 14.8 Å². The van der Waals surface area contributed by atoms with Crippen LogP contribution in [-0.4, -0.2) is 18.6 Å². The smallest absolute Gasteiger partial charge is 0.269 e. The monoisotopic (exact) mass is 297 g/mol. The molecule has 3 rings (SSSR count). The number of para-hydroxylation sites is 2. The average molecular weight is 297 g/mol. The number of rotatable bonds is 3. The molecule has 0 bridgehead atoms. The summed E-state index contributed by atoms with van der Waals surface area (Å²) in [6, 6.07) is 15.2. The van der Waals surface area contributed by atoms with Gasteiger partial charge in [0.15, 0.2) is 11.5 Å². The first-order chi connectivity index (χ1) is 10.6. The van der Waals surface area contributed by atoms with E-state index in [-0.39, 0.29) is 12.5 Å². The zero-order valence-corrected chi connectivity index (χ0v) is 12.7. The maximum atomic E-state index is 12.3. The first-order valence-electron chi connectivity index (χ1n) is 7.43. The molecule has 1 amide bonds. The lowest BCUT2D eigenvalue weighted by molar-refractivity contribution is -0.125. The van der Waals surface area contributed by atoms with E-state index in [0.717, 1.165) is 5.69 Å². The van der Waals surface area contributed by atoms with Crippen LogP contribution in [0, 0.1) is 0 Å². The predicted octanol–water partition coefficient (Wildman–Crippen LogP) is 3.59. The quantitative estimate of drug-likeness (QED) is 0.942. The van der Waals surface area contributed by atoms with Crippen LogP contribution in [0.2, 0.25) is 0 Å². The molecule has 1 aliphatic rings. The molecule has 1 atom stereocenters. The van der Waals surface area contributed by atoms with Crippen molar-refractivity contribution >= 4 is 11.6 Å². The van der Waals surface area contributed by atoms with Crippen molar-refractivity contribution in [2.24, 2.45) is 0 Å². The first kappa shape index (κ1) is 14.4. The Morgan fingerprint density at radius 1 is 1.09 bits per heavy atom. The van der Waals surface area contributed by atoms with Gasteiger partial charge in [-0.05, 0) is 35.7 Å². The molecule has 0 aliphatic carbocycles. The van der Waals surface area contributed by atoms with Gasteiger partial charge in [0.25, 0.3) is 5.91 Å². The lowest BCUT2D eigenvalue weighted by Crippen LogP contribution is -2.40. The Hall–Kier alpha value is -2.49. The third-order valence-corrected chi connectivity index (χ3v) is 3.65. The van der Waals surface area contributed by atoms with Gasteiger partial charge in [0.2, 0.25) is 6.10 Å². The lowest BCUT2D eigenvalue weighted by Gasteiger charge is -2.25. The van der Waals surface area contributed by atoms with E-state index in [2.05, 4.69) is 19.2 Å². The summed E-state index contributed by atoms with van der Waals surface area (Å²) < 4.78 is 11.3. The number of hydrogen-bond acceptors (Lipinski definition) is 3. The Morgan fingerprint density at radius 2 is 1.77 bits per heavy atom. The molecule has 22 heavy (non-hydrogen) atoms. The number of ether oxygens (including phenoxy) is 2. The van der Waals surface area contributed by atoms with E-state index in [9.17, 15) is 4.79 Å². The van der Waals surface area contributed by atoms with Gasteiger partial charge in [0.1, 0.15) is 6.61 Å². The van der Waals surface area contributed by atoms with Gasteiger partial charge in [-0.15, -0.1) is 0 Å². The van der Waals surface area contributed by atoms with Crippen LogP contribution < -0.4 is 14.8 Å². The fraction of sp³-hybridized carbons (Fsp3) is 0.278. The molecule has 0 saturated carbocycles. The van der Waals surface area contributed by atoms with Gasteiger partial charge in [-0.25, -0.2) is 0 Å². The van der Waals surface area contributed by atoms with Crippen molar-refractivity contribution in [3.05, 3.63) is 54.1 Å². The molecule has 0 saturated heterocycles. The van der Waals surface area contributed by atoms with E-state index >= 15 is 0 Å². The highest BCUT2D eigenvalue weighted by atomic mass is 16.6.